The summed E-state index contributed by atoms with van der Waals surface area (Å²) in [5, 5.41) is 0. The molecule has 4 nitrogen and oxygen atoms in total. The van der Waals surface area contributed by atoms with Crippen LogP contribution in [-0.2, 0) is 19.4 Å². The Morgan fingerprint density at radius 2 is 2.33 bits per heavy atom. The van der Waals surface area contributed by atoms with Gasteiger partial charge in [0.1, 0.15) is 5.76 Å². The summed E-state index contributed by atoms with van der Waals surface area (Å²) in [5.74, 6) is 1.00. The van der Waals surface area contributed by atoms with Gasteiger partial charge in [-0.15, -0.1) is 0 Å². The van der Waals surface area contributed by atoms with Crippen LogP contribution in [0.5, 0.6) is 0 Å². The smallest absolute Gasteiger partial charge is 0.105 e. The molecule has 0 bridgehead atoms. The number of furan rings is 1. The highest BCUT2D eigenvalue weighted by atomic mass is 16.3. The highest BCUT2D eigenvalue weighted by Gasteiger charge is 2.02. The quantitative estimate of drug-likeness (QED) is 0.798. The summed E-state index contributed by atoms with van der Waals surface area (Å²) < 4.78 is 7.39. The second-order valence-corrected chi connectivity index (χ2v) is 3.45. The largest absolute Gasteiger partial charge is 0.469 e. The molecule has 0 unspecified atom stereocenters. The molecule has 2 aromatic rings. The van der Waals surface area contributed by atoms with Gasteiger partial charge in [-0.3, -0.25) is 0 Å². The standard InChI is InChI=1S/C11H15N3O/c12-5-3-10-8-13-9-14(10)6-4-11-2-1-7-15-11/h1-2,7-9H,3-6,12H2. The van der Waals surface area contributed by atoms with E-state index in [-0.39, 0.29) is 0 Å². The second-order valence-electron chi connectivity index (χ2n) is 3.45. The van der Waals surface area contributed by atoms with E-state index < -0.39 is 0 Å². The first-order valence-electron chi connectivity index (χ1n) is 5.11. The normalized spacial score (nSPS) is 10.7. The van der Waals surface area contributed by atoms with E-state index >= 15 is 0 Å². The minimum absolute atomic E-state index is 0.659. The number of hydrogen-bond acceptors (Lipinski definition) is 3. The Morgan fingerprint density at radius 1 is 1.40 bits per heavy atom. The van der Waals surface area contributed by atoms with Crippen molar-refractivity contribution in [3.8, 4) is 0 Å². The van der Waals surface area contributed by atoms with Crippen molar-refractivity contribution in [3.05, 3.63) is 42.4 Å². The summed E-state index contributed by atoms with van der Waals surface area (Å²) in [6.45, 7) is 1.55. The van der Waals surface area contributed by atoms with Crippen LogP contribution in [0.2, 0.25) is 0 Å². The third kappa shape index (κ3) is 2.47. The highest BCUT2D eigenvalue weighted by Crippen LogP contribution is 2.05. The van der Waals surface area contributed by atoms with Crippen LogP contribution in [0.1, 0.15) is 11.5 Å². The average molecular weight is 205 g/mol. The van der Waals surface area contributed by atoms with Crippen molar-refractivity contribution in [1.82, 2.24) is 9.55 Å². The number of hydrogen-bond donors (Lipinski definition) is 1. The number of aromatic nitrogens is 2. The first kappa shape index (κ1) is 9.98. The van der Waals surface area contributed by atoms with Crippen LogP contribution < -0.4 is 5.73 Å². The molecular weight excluding hydrogens is 190 g/mol. The van der Waals surface area contributed by atoms with E-state index in [9.17, 15) is 0 Å². The fourth-order valence-electron chi connectivity index (χ4n) is 1.59. The average Bonchev–Trinajstić information content (AvgIpc) is 2.85. The third-order valence-electron chi connectivity index (χ3n) is 2.38. The fourth-order valence-corrected chi connectivity index (χ4v) is 1.59. The Bertz CT molecular complexity index is 392. The lowest BCUT2D eigenvalue weighted by Crippen LogP contribution is -2.09. The van der Waals surface area contributed by atoms with E-state index in [0.29, 0.717) is 6.54 Å². The number of imidazole rings is 1. The number of nitrogens with zero attached hydrogens (tertiary/aromatic N) is 2. The van der Waals surface area contributed by atoms with Gasteiger partial charge in [-0.05, 0) is 18.7 Å². The minimum atomic E-state index is 0.659. The molecule has 0 aromatic carbocycles. The van der Waals surface area contributed by atoms with Gasteiger partial charge in [-0.2, -0.15) is 0 Å². The monoisotopic (exact) mass is 205 g/mol. The van der Waals surface area contributed by atoms with Crippen LogP contribution >= 0.6 is 0 Å². The number of nitrogens with two attached hydrogens (primary N) is 1. The SMILES string of the molecule is NCCc1cncn1CCc1ccco1. The van der Waals surface area contributed by atoms with E-state index in [4.69, 9.17) is 10.2 Å². The summed E-state index contributed by atoms with van der Waals surface area (Å²) in [7, 11) is 0. The maximum atomic E-state index is 5.52. The Kier molecular flexibility index (Phi) is 3.19. The zero-order chi connectivity index (χ0) is 10.5. The van der Waals surface area contributed by atoms with Gasteiger partial charge >= 0.3 is 0 Å². The zero-order valence-corrected chi connectivity index (χ0v) is 8.60. The Hall–Kier alpha value is -1.55. The Balaban J connectivity index is 1.95. The molecule has 0 aliphatic heterocycles. The molecule has 80 valence electrons. The molecule has 2 rings (SSSR count). The van der Waals surface area contributed by atoms with E-state index in [0.717, 1.165) is 25.1 Å². The van der Waals surface area contributed by atoms with Crippen LogP contribution in [0, 0.1) is 0 Å². The van der Waals surface area contributed by atoms with Crippen molar-refractivity contribution in [3.63, 3.8) is 0 Å². The molecule has 0 spiro atoms. The molecule has 0 amide bonds. The number of aryl methyl sites for hydroxylation is 2. The van der Waals surface area contributed by atoms with Crippen molar-refractivity contribution in [2.45, 2.75) is 19.4 Å². The Labute approximate surface area is 88.7 Å². The molecule has 2 heterocycles. The summed E-state index contributed by atoms with van der Waals surface area (Å²) in [5.41, 5.74) is 6.70. The van der Waals surface area contributed by atoms with Gasteiger partial charge in [0.05, 0.1) is 12.6 Å². The summed E-state index contributed by atoms with van der Waals surface area (Å²) in [4.78, 5) is 4.12. The molecule has 4 heteroatoms. The van der Waals surface area contributed by atoms with Crippen LogP contribution in [0.4, 0.5) is 0 Å². The minimum Gasteiger partial charge on any atom is -0.469 e. The molecule has 2 aromatic heterocycles. The molecular formula is C11H15N3O. The van der Waals surface area contributed by atoms with Gasteiger partial charge < -0.3 is 14.7 Å². The molecule has 15 heavy (non-hydrogen) atoms. The molecule has 0 saturated heterocycles. The molecule has 0 saturated carbocycles. The fraction of sp³-hybridized carbons (Fsp3) is 0.364. The van der Waals surface area contributed by atoms with Crippen LogP contribution in [0.3, 0.4) is 0 Å². The lowest BCUT2D eigenvalue weighted by Gasteiger charge is -2.05. The molecule has 0 atom stereocenters. The summed E-state index contributed by atoms with van der Waals surface area (Å²) in [6.07, 6.45) is 7.17. The zero-order valence-electron chi connectivity index (χ0n) is 8.60. The lowest BCUT2D eigenvalue weighted by molar-refractivity contribution is 0.488. The van der Waals surface area contributed by atoms with Crippen molar-refractivity contribution in [1.29, 1.82) is 0 Å². The van der Waals surface area contributed by atoms with Crippen LogP contribution in [0.25, 0.3) is 0 Å². The van der Waals surface area contributed by atoms with Crippen molar-refractivity contribution < 1.29 is 4.42 Å². The van der Waals surface area contributed by atoms with Gasteiger partial charge in [0.15, 0.2) is 0 Å². The predicted octanol–water partition coefficient (Wildman–Crippen LogP) is 1.22. The first-order chi connectivity index (χ1) is 7.40. The first-order valence-corrected chi connectivity index (χ1v) is 5.11. The van der Waals surface area contributed by atoms with Gasteiger partial charge in [0.25, 0.3) is 0 Å². The maximum Gasteiger partial charge on any atom is 0.105 e. The van der Waals surface area contributed by atoms with Crippen molar-refractivity contribution in [2.75, 3.05) is 6.54 Å². The van der Waals surface area contributed by atoms with Gasteiger partial charge in [-0.25, -0.2) is 4.98 Å². The van der Waals surface area contributed by atoms with Crippen molar-refractivity contribution in [2.24, 2.45) is 5.73 Å². The maximum absolute atomic E-state index is 5.52. The lowest BCUT2D eigenvalue weighted by atomic mass is 10.3. The second kappa shape index (κ2) is 4.79. The van der Waals surface area contributed by atoms with E-state index in [1.54, 1.807) is 6.26 Å². The van der Waals surface area contributed by atoms with Gasteiger partial charge in [-0.1, -0.05) is 0 Å². The molecule has 2 N–H and O–H groups in total. The van der Waals surface area contributed by atoms with E-state index in [1.807, 2.05) is 24.7 Å². The Morgan fingerprint density at radius 3 is 3.07 bits per heavy atom. The van der Waals surface area contributed by atoms with Gasteiger partial charge in [0, 0.05) is 31.3 Å². The molecule has 0 fully saturated rings. The highest BCUT2D eigenvalue weighted by molar-refractivity contribution is 5.02. The van der Waals surface area contributed by atoms with E-state index in [2.05, 4.69) is 9.55 Å². The third-order valence-corrected chi connectivity index (χ3v) is 2.38. The predicted molar refractivity (Wildman–Crippen MR) is 57.4 cm³/mol. The number of rotatable bonds is 5. The van der Waals surface area contributed by atoms with Crippen molar-refractivity contribution >= 4 is 0 Å². The van der Waals surface area contributed by atoms with Crippen LogP contribution in [-0.4, -0.2) is 16.1 Å². The molecule has 0 aliphatic carbocycles. The topological polar surface area (TPSA) is 57.0 Å². The van der Waals surface area contributed by atoms with E-state index in [1.165, 1.54) is 5.69 Å². The summed E-state index contributed by atoms with van der Waals surface area (Å²) in [6, 6.07) is 3.89. The molecule has 0 radical (unpaired) electrons. The summed E-state index contributed by atoms with van der Waals surface area (Å²) >= 11 is 0. The van der Waals surface area contributed by atoms with Crippen LogP contribution in [0.15, 0.2) is 35.3 Å². The van der Waals surface area contributed by atoms with Gasteiger partial charge in [0.2, 0.25) is 0 Å². The molecule has 0 aliphatic rings.